The van der Waals surface area contributed by atoms with Crippen molar-refractivity contribution in [3.8, 4) is 0 Å². The zero-order valence-corrected chi connectivity index (χ0v) is 13.8. The zero-order chi connectivity index (χ0) is 14.5. The average Bonchev–Trinajstić information content (AvgIpc) is 2.89. The Labute approximate surface area is 126 Å². The molecule has 0 spiro atoms. The van der Waals surface area contributed by atoms with Gasteiger partial charge < -0.3 is 10.6 Å². The van der Waals surface area contributed by atoms with Crippen LogP contribution >= 0.6 is 11.8 Å². The molecule has 0 amide bonds. The Balaban J connectivity index is 2.19. The SMILES string of the molecule is CCSC1CCCC1Nc1nc(CC)nc(NC)c1C. The predicted octanol–water partition coefficient (Wildman–Crippen LogP) is 3.48. The highest BCUT2D eigenvalue weighted by molar-refractivity contribution is 7.99. The maximum absolute atomic E-state index is 4.69. The normalized spacial score (nSPS) is 22.0. The number of nitrogens with one attached hydrogen (secondary N) is 2. The van der Waals surface area contributed by atoms with Crippen LogP contribution in [0.25, 0.3) is 0 Å². The van der Waals surface area contributed by atoms with E-state index in [1.165, 1.54) is 25.0 Å². The van der Waals surface area contributed by atoms with Gasteiger partial charge in [-0.05, 0) is 25.5 Å². The van der Waals surface area contributed by atoms with Gasteiger partial charge in [0, 0.05) is 30.3 Å². The number of thioether (sulfide) groups is 1. The highest BCUT2D eigenvalue weighted by Crippen LogP contribution is 2.33. The van der Waals surface area contributed by atoms with Crippen molar-refractivity contribution in [2.24, 2.45) is 0 Å². The van der Waals surface area contributed by atoms with E-state index in [0.29, 0.717) is 6.04 Å². The highest BCUT2D eigenvalue weighted by atomic mass is 32.2. The fourth-order valence-corrected chi connectivity index (χ4v) is 3.98. The molecule has 1 aliphatic rings. The molecule has 2 rings (SSSR count). The van der Waals surface area contributed by atoms with Gasteiger partial charge in [0.1, 0.15) is 17.5 Å². The van der Waals surface area contributed by atoms with Crippen molar-refractivity contribution in [3.05, 3.63) is 11.4 Å². The molecule has 0 aromatic carbocycles. The Kier molecular flexibility index (Phi) is 5.52. The summed E-state index contributed by atoms with van der Waals surface area (Å²) >= 11 is 2.07. The van der Waals surface area contributed by atoms with Gasteiger partial charge in [0.2, 0.25) is 0 Å². The Hall–Kier alpha value is -0.970. The largest absolute Gasteiger partial charge is 0.373 e. The Morgan fingerprint density at radius 1 is 1.20 bits per heavy atom. The van der Waals surface area contributed by atoms with Crippen LogP contribution in [0.2, 0.25) is 0 Å². The van der Waals surface area contributed by atoms with Gasteiger partial charge in [-0.2, -0.15) is 11.8 Å². The Morgan fingerprint density at radius 3 is 2.60 bits per heavy atom. The lowest BCUT2D eigenvalue weighted by atomic mass is 10.2. The maximum Gasteiger partial charge on any atom is 0.135 e. The molecule has 2 atom stereocenters. The fourth-order valence-electron chi connectivity index (χ4n) is 2.79. The third kappa shape index (κ3) is 3.37. The predicted molar refractivity (Wildman–Crippen MR) is 88.9 cm³/mol. The minimum absolute atomic E-state index is 0.544. The van der Waals surface area contributed by atoms with Crippen molar-refractivity contribution in [1.82, 2.24) is 9.97 Å². The molecular weight excluding hydrogens is 268 g/mol. The van der Waals surface area contributed by atoms with Crippen LogP contribution in [-0.2, 0) is 6.42 Å². The molecule has 2 unspecified atom stereocenters. The molecule has 0 aliphatic heterocycles. The number of nitrogens with zero attached hydrogens (tertiary/aromatic N) is 2. The van der Waals surface area contributed by atoms with E-state index in [9.17, 15) is 0 Å². The van der Waals surface area contributed by atoms with Crippen molar-refractivity contribution in [3.63, 3.8) is 0 Å². The summed E-state index contributed by atoms with van der Waals surface area (Å²) in [6.45, 7) is 6.42. The topological polar surface area (TPSA) is 49.8 Å². The van der Waals surface area contributed by atoms with Crippen molar-refractivity contribution < 1.29 is 0 Å². The third-order valence-corrected chi connectivity index (χ3v) is 5.23. The molecule has 1 heterocycles. The number of anilines is 2. The summed E-state index contributed by atoms with van der Waals surface area (Å²) in [6.07, 6.45) is 4.75. The van der Waals surface area contributed by atoms with Gasteiger partial charge in [-0.25, -0.2) is 9.97 Å². The van der Waals surface area contributed by atoms with E-state index < -0.39 is 0 Å². The molecule has 0 bridgehead atoms. The number of aromatic nitrogens is 2. The van der Waals surface area contributed by atoms with Crippen LogP contribution in [0.4, 0.5) is 11.6 Å². The van der Waals surface area contributed by atoms with Crippen molar-refractivity contribution >= 4 is 23.4 Å². The van der Waals surface area contributed by atoms with Gasteiger partial charge in [0.25, 0.3) is 0 Å². The average molecular weight is 294 g/mol. The summed E-state index contributed by atoms with van der Waals surface area (Å²) in [5, 5.41) is 7.58. The minimum Gasteiger partial charge on any atom is -0.373 e. The smallest absolute Gasteiger partial charge is 0.135 e. The molecule has 1 aromatic heterocycles. The summed E-state index contributed by atoms with van der Waals surface area (Å²) in [6, 6.07) is 0.544. The number of hydrogen-bond acceptors (Lipinski definition) is 5. The van der Waals surface area contributed by atoms with E-state index in [0.717, 1.165) is 34.7 Å². The maximum atomic E-state index is 4.69. The summed E-state index contributed by atoms with van der Waals surface area (Å²) in [5.41, 5.74) is 1.12. The monoisotopic (exact) mass is 294 g/mol. The first-order valence-corrected chi connectivity index (χ1v) is 8.67. The van der Waals surface area contributed by atoms with Crippen LogP contribution in [0.5, 0.6) is 0 Å². The number of hydrogen-bond donors (Lipinski definition) is 2. The lowest BCUT2D eigenvalue weighted by Crippen LogP contribution is -2.27. The van der Waals surface area contributed by atoms with E-state index in [-0.39, 0.29) is 0 Å². The van der Waals surface area contributed by atoms with Crippen LogP contribution in [0.15, 0.2) is 0 Å². The van der Waals surface area contributed by atoms with Gasteiger partial charge in [-0.3, -0.25) is 0 Å². The lowest BCUT2D eigenvalue weighted by molar-refractivity contribution is 0.756. The first kappa shape index (κ1) is 15.4. The van der Waals surface area contributed by atoms with Crippen LogP contribution in [0.1, 0.15) is 44.5 Å². The van der Waals surface area contributed by atoms with Crippen molar-refractivity contribution in [2.45, 2.75) is 57.7 Å². The molecule has 1 aromatic rings. The number of rotatable bonds is 6. The molecule has 20 heavy (non-hydrogen) atoms. The lowest BCUT2D eigenvalue weighted by Gasteiger charge is -2.22. The summed E-state index contributed by atoms with van der Waals surface area (Å²) in [7, 11) is 1.92. The first-order chi connectivity index (χ1) is 9.69. The Bertz CT molecular complexity index is 450. The third-order valence-electron chi connectivity index (χ3n) is 3.90. The van der Waals surface area contributed by atoms with E-state index in [2.05, 4.69) is 53.1 Å². The van der Waals surface area contributed by atoms with Gasteiger partial charge >= 0.3 is 0 Å². The first-order valence-electron chi connectivity index (χ1n) is 7.63. The highest BCUT2D eigenvalue weighted by Gasteiger charge is 2.28. The quantitative estimate of drug-likeness (QED) is 0.841. The second-order valence-corrected chi connectivity index (χ2v) is 6.76. The Morgan fingerprint density at radius 2 is 1.95 bits per heavy atom. The molecule has 2 N–H and O–H groups in total. The minimum atomic E-state index is 0.544. The molecule has 0 radical (unpaired) electrons. The van der Waals surface area contributed by atoms with E-state index in [1.54, 1.807) is 0 Å². The van der Waals surface area contributed by atoms with Gasteiger partial charge in [-0.1, -0.05) is 20.3 Å². The van der Waals surface area contributed by atoms with E-state index >= 15 is 0 Å². The van der Waals surface area contributed by atoms with Crippen molar-refractivity contribution in [2.75, 3.05) is 23.4 Å². The summed E-state index contributed by atoms with van der Waals surface area (Å²) in [5.74, 6) is 4.04. The summed E-state index contributed by atoms with van der Waals surface area (Å²) < 4.78 is 0. The second kappa shape index (κ2) is 7.16. The molecule has 1 saturated carbocycles. The molecule has 5 heteroatoms. The van der Waals surface area contributed by atoms with Gasteiger partial charge in [0.05, 0.1) is 0 Å². The van der Waals surface area contributed by atoms with Crippen LogP contribution in [0, 0.1) is 6.92 Å². The molecule has 1 fully saturated rings. The zero-order valence-electron chi connectivity index (χ0n) is 13.0. The van der Waals surface area contributed by atoms with Gasteiger partial charge in [-0.15, -0.1) is 0 Å². The molecule has 1 aliphatic carbocycles. The summed E-state index contributed by atoms with van der Waals surface area (Å²) in [4.78, 5) is 9.22. The molecule has 112 valence electrons. The number of aryl methyl sites for hydroxylation is 1. The van der Waals surface area contributed by atoms with E-state index in [1.807, 2.05) is 7.05 Å². The molecular formula is C15H26N4S. The fraction of sp³-hybridized carbons (Fsp3) is 0.733. The molecule has 0 saturated heterocycles. The van der Waals surface area contributed by atoms with Gasteiger partial charge in [0.15, 0.2) is 0 Å². The second-order valence-electron chi connectivity index (χ2n) is 5.24. The van der Waals surface area contributed by atoms with Crippen LogP contribution < -0.4 is 10.6 Å². The van der Waals surface area contributed by atoms with Crippen molar-refractivity contribution in [1.29, 1.82) is 0 Å². The van der Waals surface area contributed by atoms with Crippen LogP contribution in [0.3, 0.4) is 0 Å². The standard InChI is InChI=1S/C15H26N4S/c1-5-13-18-14(16-4)10(3)15(19-13)17-11-8-7-9-12(11)20-6-2/h11-12H,5-9H2,1-4H3,(H2,16,17,18,19). The van der Waals surface area contributed by atoms with Crippen LogP contribution in [-0.4, -0.2) is 34.1 Å². The van der Waals surface area contributed by atoms with E-state index in [4.69, 9.17) is 0 Å². The molecule has 4 nitrogen and oxygen atoms in total.